The van der Waals surface area contributed by atoms with Gasteiger partial charge in [-0.05, 0) is 42.3 Å². The minimum atomic E-state index is -3.31. The second-order valence-electron chi connectivity index (χ2n) is 6.19. The maximum atomic E-state index is 13.1. The lowest BCUT2D eigenvalue weighted by molar-refractivity contribution is 0.332. The molecule has 1 fully saturated rings. The van der Waals surface area contributed by atoms with E-state index in [9.17, 15) is 8.42 Å². The number of hydrogen-bond donors (Lipinski definition) is 0. The minimum absolute atomic E-state index is 0.00575. The highest BCUT2D eigenvalue weighted by molar-refractivity contribution is 7.88. The molecule has 0 N–H and O–H groups in total. The standard InChI is InChI=1S/C18H23NO2S2/c1-15-11-13-22-18(15)17-10-6-3-7-12-19(17)23(20,21)14-16-8-4-2-5-9-16/h2,4-5,8-9,11,13,17H,3,6-7,10,12,14H2,1H3/t17-/m0/s1. The molecule has 124 valence electrons. The van der Waals surface area contributed by atoms with Crippen LogP contribution in [0.5, 0.6) is 0 Å². The van der Waals surface area contributed by atoms with Crippen LogP contribution in [0.15, 0.2) is 41.8 Å². The Morgan fingerprint density at radius 1 is 1.13 bits per heavy atom. The molecule has 0 saturated carbocycles. The third-order valence-corrected chi connectivity index (χ3v) is 7.43. The molecule has 2 heterocycles. The van der Waals surface area contributed by atoms with Crippen LogP contribution in [-0.2, 0) is 15.8 Å². The second-order valence-corrected chi connectivity index (χ2v) is 9.05. The Morgan fingerprint density at radius 3 is 2.61 bits per heavy atom. The molecule has 1 atom stereocenters. The van der Waals surface area contributed by atoms with E-state index in [2.05, 4.69) is 18.4 Å². The van der Waals surface area contributed by atoms with Gasteiger partial charge in [-0.1, -0.05) is 43.2 Å². The zero-order valence-corrected chi connectivity index (χ0v) is 15.1. The molecule has 1 aromatic carbocycles. The average Bonchev–Trinajstić information content (AvgIpc) is 2.80. The Bertz CT molecular complexity index is 737. The molecule has 0 bridgehead atoms. The molecule has 0 aliphatic carbocycles. The van der Waals surface area contributed by atoms with Gasteiger partial charge in [0.15, 0.2) is 0 Å². The van der Waals surface area contributed by atoms with E-state index >= 15 is 0 Å². The van der Waals surface area contributed by atoms with Gasteiger partial charge < -0.3 is 0 Å². The van der Waals surface area contributed by atoms with Gasteiger partial charge in [0.2, 0.25) is 10.0 Å². The van der Waals surface area contributed by atoms with Crippen molar-refractivity contribution >= 4 is 21.4 Å². The molecule has 5 heteroatoms. The quantitative estimate of drug-likeness (QED) is 0.815. The summed E-state index contributed by atoms with van der Waals surface area (Å²) in [6, 6.07) is 11.6. The molecule has 2 aromatic rings. The van der Waals surface area contributed by atoms with Crippen LogP contribution in [-0.4, -0.2) is 19.3 Å². The lowest BCUT2D eigenvalue weighted by Gasteiger charge is -2.29. The first-order valence-corrected chi connectivity index (χ1v) is 10.6. The Morgan fingerprint density at radius 2 is 1.91 bits per heavy atom. The van der Waals surface area contributed by atoms with Crippen molar-refractivity contribution in [3.63, 3.8) is 0 Å². The molecule has 1 saturated heterocycles. The number of thiophene rings is 1. The van der Waals surface area contributed by atoms with Gasteiger partial charge in [0, 0.05) is 11.4 Å². The molecular formula is C18H23NO2S2. The predicted octanol–water partition coefficient (Wildman–Crippen LogP) is 4.50. The van der Waals surface area contributed by atoms with Crippen LogP contribution in [0, 0.1) is 6.92 Å². The lowest BCUT2D eigenvalue weighted by Crippen LogP contribution is -2.35. The number of hydrogen-bond acceptors (Lipinski definition) is 3. The third-order valence-electron chi connectivity index (χ3n) is 4.46. The summed E-state index contributed by atoms with van der Waals surface area (Å²) in [4.78, 5) is 1.21. The third kappa shape index (κ3) is 3.84. The lowest BCUT2D eigenvalue weighted by atomic mass is 10.1. The highest BCUT2D eigenvalue weighted by Gasteiger charge is 2.33. The predicted molar refractivity (Wildman–Crippen MR) is 96.0 cm³/mol. The Labute approximate surface area is 143 Å². The van der Waals surface area contributed by atoms with Gasteiger partial charge in [0.25, 0.3) is 0 Å². The van der Waals surface area contributed by atoms with E-state index in [1.807, 2.05) is 30.3 Å². The summed E-state index contributed by atoms with van der Waals surface area (Å²) in [5, 5.41) is 2.07. The van der Waals surface area contributed by atoms with Gasteiger partial charge in [-0.2, -0.15) is 4.31 Å². The monoisotopic (exact) mass is 349 g/mol. The van der Waals surface area contributed by atoms with E-state index in [1.54, 1.807) is 15.6 Å². The molecule has 1 aliphatic heterocycles. The fourth-order valence-corrected chi connectivity index (χ4v) is 6.20. The van der Waals surface area contributed by atoms with Crippen molar-refractivity contribution in [2.45, 2.75) is 44.4 Å². The zero-order valence-electron chi connectivity index (χ0n) is 13.4. The van der Waals surface area contributed by atoms with Gasteiger partial charge in [-0.25, -0.2) is 8.42 Å². The summed E-state index contributed by atoms with van der Waals surface area (Å²) in [6.45, 7) is 2.72. The van der Waals surface area contributed by atoms with Crippen molar-refractivity contribution in [1.82, 2.24) is 4.31 Å². The smallest absolute Gasteiger partial charge is 0.212 e. The van der Waals surface area contributed by atoms with Gasteiger partial charge in [-0.15, -0.1) is 11.3 Å². The van der Waals surface area contributed by atoms with Crippen LogP contribution in [0.4, 0.5) is 0 Å². The first kappa shape index (κ1) is 16.7. The molecule has 1 aliphatic rings. The van der Waals surface area contributed by atoms with Crippen LogP contribution < -0.4 is 0 Å². The molecule has 3 nitrogen and oxygen atoms in total. The Balaban J connectivity index is 1.91. The molecule has 0 unspecified atom stereocenters. The summed E-state index contributed by atoms with van der Waals surface area (Å²) >= 11 is 1.69. The molecule has 1 aromatic heterocycles. The van der Waals surface area contributed by atoms with E-state index in [0.717, 1.165) is 31.2 Å². The largest absolute Gasteiger partial charge is 0.218 e. The summed E-state index contributed by atoms with van der Waals surface area (Å²) in [6.07, 6.45) is 4.09. The fourth-order valence-electron chi connectivity index (χ4n) is 3.27. The topological polar surface area (TPSA) is 37.4 Å². The summed E-state index contributed by atoms with van der Waals surface area (Å²) in [5.41, 5.74) is 2.07. The Hall–Kier alpha value is -1.17. The number of sulfonamides is 1. The van der Waals surface area contributed by atoms with Crippen LogP contribution in [0.3, 0.4) is 0 Å². The van der Waals surface area contributed by atoms with Crippen molar-refractivity contribution < 1.29 is 8.42 Å². The van der Waals surface area contributed by atoms with Crippen molar-refractivity contribution in [3.05, 3.63) is 57.8 Å². The van der Waals surface area contributed by atoms with Gasteiger partial charge in [0.1, 0.15) is 0 Å². The van der Waals surface area contributed by atoms with E-state index in [0.29, 0.717) is 6.54 Å². The number of benzene rings is 1. The second kappa shape index (κ2) is 7.16. The highest BCUT2D eigenvalue weighted by Crippen LogP contribution is 2.37. The van der Waals surface area contributed by atoms with E-state index in [4.69, 9.17) is 0 Å². The fraction of sp³-hybridized carbons (Fsp3) is 0.444. The van der Waals surface area contributed by atoms with Crippen LogP contribution in [0.2, 0.25) is 0 Å². The van der Waals surface area contributed by atoms with Crippen molar-refractivity contribution in [3.8, 4) is 0 Å². The molecular weight excluding hydrogens is 326 g/mol. The van der Waals surface area contributed by atoms with Crippen LogP contribution in [0.25, 0.3) is 0 Å². The van der Waals surface area contributed by atoms with E-state index < -0.39 is 10.0 Å². The molecule has 0 amide bonds. The highest BCUT2D eigenvalue weighted by atomic mass is 32.2. The Kier molecular flexibility index (Phi) is 5.19. The van der Waals surface area contributed by atoms with Gasteiger partial charge in [-0.3, -0.25) is 0 Å². The molecule has 23 heavy (non-hydrogen) atoms. The summed E-state index contributed by atoms with van der Waals surface area (Å²) in [5.74, 6) is 0.0920. The summed E-state index contributed by atoms with van der Waals surface area (Å²) in [7, 11) is -3.31. The normalized spacial score (nSPS) is 20.3. The average molecular weight is 350 g/mol. The van der Waals surface area contributed by atoms with E-state index in [-0.39, 0.29) is 11.8 Å². The number of nitrogens with zero attached hydrogens (tertiary/aromatic N) is 1. The number of aryl methyl sites for hydroxylation is 1. The SMILES string of the molecule is Cc1ccsc1[C@@H]1CCCCCN1S(=O)(=O)Cc1ccccc1. The minimum Gasteiger partial charge on any atom is -0.212 e. The first-order chi connectivity index (χ1) is 11.1. The maximum Gasteiger partial charge on any atom is 0.218 e. The van der Waals surface area contributed by atoms with E-state index in [1.165, 1.54) is 10.4 Å². The zero-order chi connectivity index (χ0) is 16.3. The van der Waals surface area contributed by atoms with Crippen molar-refractivity contribution in [1.29, 1.82) is 0 Å². The maximum absolute atomic E-state index is 13.1. The van der Waals surface area contributed by atoms with Crippen LogP contribution in [0.1, 0.15) is 47.7 Å². The van der Waals surface area contributed by atoms with Crippen molar-refractivity contribution in [2.24, 2.45) is 0 Å². The van der Waals surface area contributed by atoms with Crippen LogP contribution >= 0.6 is 11.3 Å². The van der Waals surface area contributed by atoms with Gasteiger partial charge >= 0.3 is 0 Å². The van der Waals surface area contributed by atoms with Crippen molar-refractivity contribution in [2.75, 3.05) is 6.54 Å². The summed E-state index contributed by atoms with van der Waals surface area (Å²) < 4.78 is 27.9. The first-order valence-electron chi connectivity index (χ1n) is 8.15. The molecule has 0 radical (unpaired) electrons. The number of rotatable bonds is 4. The van der Waals surface area contributed by atoms with Gasteiger partial charge in [0.05, 0.1) is 11.8 Å². The molecule has 3 rings (SSSR count). The molecule has 0 spiro atoms.